The minimum absolute atomic E-state index is 0.155. The minimum Gasteiger partial charge on any atom is -0.492 e. The zero-order valence-electron chi connectivity index (χ0n) is 32.4. The molecule has 2 saturated heterocycles. The number of hydrogen-bond donors (Lipinski definition) is 3. The third-order valence-electron chi connectivity index (χ3n) is 9.96. The summed E-state index contributed by atoms with van der Waals surface area (Å²) in [6, 6.07) is 15.3. The highest BCUT2D eigenvalue weighted by Gasteiger charge is 2.20. The topological polar surface area (TPSA) is 145 Å². The number of morpholine rings is 1. The largest absolute Gasteiger partial charge is 0.492 e. The first-order valence-corrected chi connectivity index (χ1v) is 19.7. The number of nitrogens with two attached hydrogens (primary N) is 1. The number of rotatable bonds is 12. The quantitative estimate of drug-likeness (QED) is 0.123. The van der Waals surface area contributed by atoms with E-state index < -0.39 is 11.7 Å². The number of aryl methyl sites for hydroxylation is 3. The fourth-order valence-corrected chi connectivity index (χ4v) is 7.21. The van der Waals surface area contributed by atoms with Gasteiger partial charge in [0.1, 0.15) is 30.5 Å². The van der Waals surface area contributed by atoms with E-state index in [1.807, 2.05) is 25.2 Å². The van der Waals surface area contributed by atoms with Gasteiger partial charge < -0.3 is 30.4 Å². The SMILES string of the molecule is Cc1ccc(C(=O)Nc2ccc(OCCN3CCOCC3)c(-c3c(Cl)cnn3C)c2)cc1F.Cn1ncc(Cl)c1-c1cc(N)ccc1OCCN1CCC(O)CC1. The number of carbonyl (C=O) groups is 1. The standard InChI is InChI=1S/C24H26ClFN4O3.C17H23ClN4O2/c1-16-3-4-17(13-21(16)26)24(31)28-18-5-6-22(33-12-9-30-7-10-32-11-8-30)19(14-18)23-20(25)15-27-29(23)2;1-21-17(15(18)11-20-21)14-10-12(19)2-3-16(14)24-9-8-22-6-4-13(23)5-7-22/h3-6,13-15H,7-12H2,1-2H3,(H,28,31);2-3,10-11,13,23H,4-9,19H2,1H3. The van der Waals surface area contributed by atoms with Gasteiger partial charge in [-0.05, 0) is 73.9 Å². The van der Waals surface area contributed by atoms with Crippen LogP contribution in [0, 0.1) is 12.7 Å². The highest BCUT2D eigenvalue weighted by molar-refractivity contribution is 6.33. The Morgan fingerprint density at radius 1 is 0.860 bits per heavy atom. The molecule has 0 radical (unpaired) electrons. The van der Waals surface area contributed by atoms with E-state index >= 15 is 0 Å². The fraction of sp³-hybridized carbons (Fsp3) is 0.390. The molecule has 4 heterocycles. The van der Waals surface area contributed by atoms with Crippen LogP contribution in [0.2, 0.25) is 10.0 Å². The molecule has 13 nitrogen and oxygen atoms in total. The third kappa shape index (κ3) is 11.0. The summed E-state index contributed by atoms with van der Waals surface area (Å²) in [4.78, 5) is 17.3. The number of piperidine rings is 1. The van der Waals surface area contributed by atoms with Gasteiger partial charge in [0.05, 0.1) is 53.1 Å². The van der Waals surface area contributed by atoms with Crippen molar-refractivity contribution in [2.45, 2.75) is 25.9 Å². The summed E-state index contributed by atoms with van der Waals surface area (Å²) < 4.78 is 34.8. The number of ether oxygens (including phenoxy) is 3. The van der Waals surface area contributed by atoms with Crippen molar-refractivity contribution >= 4 is 40.5 Å². The van der Waals surface area contributed by atoms with Gasteiger partial charge in [-0.15, -0.1) is 0 Å². The van der Waals surface area contributed by atoms with Crippen molar-refractivity contribution in [1.29, 1.82) is 0 Å². The Morgan fingerprint density at radius 3 is 1.98 bits per heavy atom. The molecule has 0 atom stereocenters. The van der Waals surface area contributed by atoms with Gasteiger partial charge in [-0.1, -0.05) is 29.3 Å². The molecule has 0 spiro atoms. The summed E-state index contributed by atoms with van der Waals surface area (Å²) in [5, 5.41) is 21.8. The number of benzene rings is 3. The van der Waals surface area contributed by atoms with Crippen LogP contribution in [0.15, 0.2) is 67.0 Å². The highest BCUT2D eigenvalue weighted by atomic mass is 35.5. The number of likely N-dealkylation sites (tertiary alicyclic amines) is 1. The predicted octanol–water partition coefficient (Wildman–Crippen LogP) is 6.31. The number of nitrogen functional groups attached to an aromatic ring is 1. The summed E-state index contributed by atoms with van der Waals surface area (Å²) >= 11 is 12.7. The van der Waals surface area contributed by atoms with Crippen LogP contribution in [0.25, 0.3) is 22.5 Å². The monoisotopic (exact) mass is 822 g/mol. The summed E-state index contributed by atoms with van der Waals surface area (Å²) in [6.07, 6.45) is 4.69. The van der Waals surface area contributed by atoms with Gasteiger partial charge in [0.2, 0.25) is 0 Å². The molecule has 16 heteroatoms. The summed E-state index contributed by atoms with van der Waals surface area (Å²) in [7, 11) is 3.63. The van der Waals surface area contributed by atoms with Gasteiger partial charge in [-0.2, -0.15) is 10.2 Å². The fourth-order valence-electron chi connectivity index (χ4n) is 6.68. The van der Waals surface area contributed by atoms with Crippen LogP contribution in [0.5, 0.6) is 11.5 Å². The van der Waals surface area contributed by atoms with E-state index in [4.69, 9.17) is 43.1 Å². The van der Waals surface area contributed by atoms with Crippen LogP contribution < -0.4 is 20.5 Å². The van der Waals surface area contributed by atoms with Crippen molar-refractivity contribution in [3.8, 4) is 34.0 Å². The first-order valence-electron chi connectivity index (χ1n) is 18.9. The Hall–Kier alpha value is -4.70. The maximum Gasteiger partial charge on any atom is 0.255 e. The molecule has 4 N–H and O–H groups in total. The van der Waals surface area contributed by atoms with Gasteiger partial charge in [-0.3, -0.25) is 24.0 Å². The van der Waals surface area contributed by atoms with Gasteiger partial charge in [0, 0.05) is 81.4 Å². The third-order valence-corrected chi connectivity index (χ3v) is 10.5. The average molecular weight is 824 g/mol. The predicted molar refractivity (Wildman–Crippen MR) is 221 cm³/mol. The van der Waals surface area contributed by atoms with Crippen molar-refractivity contribution in [3.63, 3.8) is 0 Å². The van der Waals surface area contributed by atoms with Crippen molar-refractivity contribution < 1.29 is 28.5 Å². The maximum atomic E-state index is 13.9. The maximum absolute atomic E-state index is 13.9. The number of halogens is 3. The molecule has 3 aromatic carbocycles. The number of amides is 1. The van der Waals surface area contributed by atoms with Crippen LogP contribution in [0.3, 0.4) is 0 Å². The molecule has 2 aliphatic heterocycles. The molecule has 0 bridgehead atoms. The van der Waals surface area contributed by atoms with Crippen LogP contribution in [0.4, 0.5) is 15.8 Å². The number of carbonyl (C=O) groups excluding carboxylic acids is 1. The van der Waals surface area contributed by atoms with E-state index in [0.29, 0.717) is 57.2 Å². The van der Waals surface area contributed by atoms with E-state index in [0.717, 1.165) is 82.3 Å². The highest BCUT2D eigenvalue weighted by Crippen LogP contribution is 2.38. The minimum atomic E-state index is -0.422. The molecule has 0 aliphatic carbocycles. The first kappa shape index (κ1) is 41.9. The van der Waals surface area contributed by atoms with Gasteiger partial charge in [0.25, 0.3) is 5.91 Å². The van der Waals surface area contributed by atoms with Gasteiger partial charge >= 0.3 is 0 Å². The Balaban J connectivity index is 0.000000203. The molecule has 57 heavy (non-hydrogen) atoms. The van der Waals surface area contributed by atoms with E-state index in [1.165, 1.54) is 6.07 Å². The lowest BCUT2D eigenvalue weighted by atomic mass is 10.1. The lowest BCUT2D eigenvalue weighted by Crippen LogP contribution is -2.38. The molecule has 7 rings (SSSR count). The van der Waals surface area contributed by atoms with Crippen LogP contribution >= 0.6 is 23.2 Å². The number of aliphatic hydroxyl groups is 1. The number of nitrogens with zero attached hydrogens (tertiary/aromatic N) is 6. The second-order valence-corrected chi connectivity index (χ2v) is 14.9. The van der Waals surface area contributed by atoms with E-state index in [2.05, 4.69) is 25.3 Å². The molecular formula is C41H49Cl2FN8O5. The normalized spacial score (nSPS) is 15.2. The smallest absolute Gasteiger partial charge is 0.255 e. The van der Waals surface area contributed by atoms with E-state index in [-0.39, 0.29) is 11.7 Å². The Morgan fingerprint density at radius 2 is 1.42 bits per heavy atom. The zero-order chi connectivity index (χ0) is 40.5. The summed E-state index contributed by atoms with van der Waals surface area (Å²) in [6.45, 7) is 9.37. The number of nitrogens with one attached hydrogen (secondary N) is 1. The van der Waals surface area contributed by atoms with Crippen molar-refractivity contribution in [2.75, 3.05) is 76.7 Å². The van der Waals surface area contributed by atoms with Crippen molar-refractivity contribution in [2.24, 2.45) is 14.1 Å². The number of aromatic nitrogens is 4. The molecule has 5 aromatic rings. The summed E-state index contributed by atoms with van der Waals surface area (Å²) in [5.74, 6) is 0.547. The van der Waals surface area contributed by atoms with Gasteiger partial charge in [-0.25, -0.2) is 4.39 Å². The average Bonchev–Trinajstić information content (AvgIpc) is 3.72. The van der Waals surface area contributed by atoms with Crippen molar-refractivity contribution in [3.05, 3.63) is 94.0 Å². The van der Waals surface area contributed by atoms with Crippen LogP contribution in [0.1, 0.15) is 28.8 Å². The molecule has 304 valence electrons. The first-order chi connectivity index (χ1) is 27.5. The van der Waals surface area contributed by atoms with E-state index in [9.17, 15) is 14.3 Å². The molecule has 2 aromatic heterocycles. The van der Waals surface area contributed by atoms with Gasteiger partial charge in [0.15, 0.2) is 0 Å². The Bertz CT molecular complexity index is 2090. The second-order valence-electron chi connectivity index (χ2n) is 14.0. The molecule has 0 saturated carbocycles. The Kier molecular flexibility index (Phi) is 14.4. The van der Waals surface area contributed by atoms with E-state index in [1.54, 1.807) is 66.1 Å². The summed E-state index contributed by atoms with van der Waals surface area (Å²) in [5.41, 5.74) is 10.9. The molecule has 2 aliphatic rings. The lowest BCUT2D eigenvalue weighted by Gasteiger charge is -2.29. The number of aliphatic hydroxyl groups excluding tert-OH is 1. The molecule has 0 unspecified atom stereocenters. The van der Waals surface area contributed by atoms with Crippen molar-refractivity contribution in [1.82, 2.24) is 29.4 Å². The number of anilines is 2. The zero-order valence-corrected chi connectivity index (χ0v) is 33.9. The lowest BCUT2D eigenvalue weighted by molar-refractivity contribution is 0.0323. The molecule has 1 amide bonds. The van der Waals surface area contributed by atoms with Crippen LogP contribution in [-0.2, 0) is 18.8 Å². The molecular weight excluding hydrogens is 774 g/mol. The van der Waals surface area contributed by atoms with Crippen LogP contribution in [-0.4, -0.2) is 112 Å². The second kappa shape index (κ2) is 19.6. The molecule has 2 fully saturated rings. The number of hydrogen-bond acceptors (Lipinski definition) is 10. The Labute approximate surface area is 342 Å².